The summed E-state index contributed by atoms with van der Waals surface area (Å²) in [6, 6.07) is 0.370. The molecule has 5 heteroatoms. The van der Waals surface area contributed by atoms with Crippen molar-refractivity contribution in [2.24, 2.45) is 5.92 Å². The van der Waals surface area contributed by atoms with Gasteiger partial charge < -0.3 is 14.8 Å². The van der Waals surface area contributed by atoms with Crippen molar-refractivity contribution in [2.45, 2.75) is 44.2 Å². The number of nitrogens with one attached hydrogen (secondary N) is 1. The van der Waals surface area contributed by atoms with Crippen LogP contribution in [0.4, 0.5) is 0 Å². The molecule has 2 fully saturated rings. The van der Waals surface area contributed by atoms with E-state index in [9.17, 15) is 0 Å². The lowest BCUT2D eigenvalue weighted by molar-refractivity contribution is -0.150. The maximum absolute atomic E-state index is 6.16. The zero-order valence-corrected chi connectivity index (χ0v) is 13.0. The molecule has 0 amide bonds. The highest BCUT2D eigenvalue weighted by Gasteiger charge is 2.41. The van der Waals surface area contributed by atoms with E-state index >= 15 is 0 Å². The molecule has 0 aliphatic carbocycles. The van der Waals surface area contributed by atoms with Gasteiger partial charge >= 0.3 is 0 Å². The van der Waals surface area contributed by atoms with Gasteiger partial charge in [-0.15, -0.1) is 11.3 Å². The fourth-order valence-corrected chi connectivity index (χ4v) is 4.14. The summed E-state index contributed by atoms with van der Waals surface area (Å²) in [4.78, 5) is 4.53. The van der Waals surface area contributed by atoms with Crippen molar-refractivity contribution in [3.63, 3.8) is 0 Å². The van der Waals surface area contributed by atoms with Gasteiger partial charge in [0.15, 0.2) is 0 Å². The van der Waals surface area contributed by atoms with Gasteiger partial charge in [-0.25, -0.2) is 4.98 Å². The first kappa shape index (κ1) is 14.4. The molecule has 0 bridgehead atoms. The van der Waals surface area contributed by atoms with E-state index in [0.29, 0.717) is 12.0 Å². The summed E-state index contributed by atoms with van der Waals surface area (Å²) in [5.74, 6) is 0.615. The third-order valence-electron chi connectivity index (χ3n) is 4.60. The van der Waals surface area contributed by atoms with Gasteiger partial charge in [0, 0.05) is 25.2 Å². The highest BCUT2D eigenvalue weighted by molar-refractivity contribution is 7.07. The van der Waals surface area contributed by atoms with Crippen LogP contribution >= 0.6 is 11.3 Å². The minimum absolute atomic E-state index is 0.0604. The van der Waals surface area contributed by atoms with Crippen molar-refractivity contribution >= 4 is 11.3 Å². The minimum Gasteiger partial charge on any atom is -0.381 e. The van der Waals surface area contributed by atoms with Crippen molar-refractivity contribution in [1.29, 1.82) is 0 Å². The van der Waals surface area contributed by atoms with E-state index in [0.717, 1.165) is 52.0 Å². The Morgan fingerprint density at radius 3 is 3.00 bits per heavy atom. The molecule has 0 saturated carbocycles. The molecule has 3 rings (SSSR count). The van der Waals surface area contributed by atoms with Gasteiger partial charge in [-0.05, 0) is 38.1 Å². The Morgan fingerprint density at radius 1 is 1.45 bits per heavy atom. The highest BCUT2D eigenvalue weighted by atomic mass is 32.1. The van der Waals surface area contributed by atoms with Gasteiger partial charge in [0.25, 0.3) is 0 Å². The quantitative estimate of drug-likeness (QED) is 0.928. The zero-order chi connectivity index (χ0) is 13.8. The third-order valence-corrected chi connectivity index (χ3v) is 5.21. The van der Waals surface area contributed by atoms with E-state index in [1.165, 1.54) is 5.69 Å². The van der Waals surface area contributed by atoms with Gasteiger partial charge in [0.05, 0.1) is 22.8 Å². The average molecular weight is 296 g/mol. The van der Waals surface area contributed by atoms with Crippen LogP contribution in [0.2, 0.25) is 0 Å². The minimum atomic E-state index is 0.0604. The van der Waals surface area contributed by atoms with Crippen molar-refractivity contribution in [3.05, 3.63) is 16.6 Å². The number of aromatic nitrogens is 1. The van der Waals surface area contributed by atoms with Crippen LogP contribution in [0.3, 0.4) is 0 Å². The summed E-state index contributed by atoms with van der Waals surface area (Å²) >= 11 is 1.68. The number of nitrogens with zero attached hydrogens (tertiary/aromatic N) is 1. The Kier molecular flexibility index (Phi) is 4.71. The Labute approximate surface area is 124 Å². The molecule has 1 spiro atoms. The van der Waals surface area contributed by atoms with E-state index < -0.39 is 0 Å². The molecule has 2 aliphatic heterocycles. The number of ether oxygens (including phenoxy) is 2. The van der Waals surface area contributed by atoms with Crippen molar-refractivity contribution in [3.8, 4) is 0 Å². The number of rotatable bonds is 4. The van der Waals surface area contributed by atoms with Crippen molar-refractivity contribution in [2.75, 3.05) is 26.4 Å². The lowest BCUT2D eigenvalue weighted by atomic mass is 9.77. The summed E-state index contributed by atoms with van der Waals surface area (Å²) in [5.41, 5.74) is 3.19. The summed E-state index contributed by atoms with van der Waals surface area (Å²) < 4.78 is 11.7. The molecule has 4 nitrogen and oxygen atoms in total. The fraction of sp³-hybridized carbons (Fsp3) is 0.800. The van der Waals surface area contributed by atoms with Gasteiger partial charge in [-0.3, -0.25) is 0 Å². The Balaban J connectivity index is 1.73. The van der Waals surface area contributed by atoms with Crippen LogP contribution < -0.4 is 5.32 Å². The molecule has 20 heavy (non-hydrogen) atoms. The molecule has 2 atom stereocenters. The van der Waals surface area contributed by atoms with Gasteiger partial charge in [0.1, 0.15) is 0 Å². The predicted molar refractivity (Wildman–Crippen MR) is 80.0 cm³/mol. The van der Waals surface area contributed by atoms with Gasteiger partial charge in [-0.1, -0.05) is 6.92 Å². The first-order valence-electron chi connectivity index (χ1n) is 7.66. The molecule has 1 N–H and O–H groups in total. The SMILES string of the molecule is CCNC(c1cscn1)C1CCOC2(CCOCC2)C1. The molecular formula is C15H24N2O2S. The molecular weight excluding hydrogens is 272 g/mol. The summed E-state index contributed by atoms with van der Waals surface area (Å²) in [6.07, 6.45) is 4.34. The monoisotopic (exact) mass is 296 g/mol. The van der Waals surface area contributed by atoms with E-state index in [2.05, 4.69) is 22.6 Å². The molecule has 0 aromatic carbocycles. The maximum Gasteiger partial charge on any atom is 0.0795 e. The first-order chi connectivity index (χ1) is 9.83. The van der Waals surface area contributed by atoms with Crippen LogP contribution in [0.25, 0.3) is 0 Å². The van der Waals surface area contributed by atoms with Crippen LogP contribution in [-0.4, -0.2) is 37.0 Å². The largest absolute Gasteiger partial charge is 0.381 e. The molecule has 2 saturated heterocycles. The highest BCUT2D eigenvalue weighted by Crippen LogP contribution is 2.41. The summed E-state index contributed by atoms with van der Waals surface area (Å²) in [7, 11) is 0. The number of hydrogen-bond donors (Lipinski definition) is 1. The van der Waals surface area contributed by atoms with Crippen LogP contribution in [0.15, 0.2) is 10.9 Å². The van der Waals surface area contributed by atoms with Crippen molar-refractivity contribution < 1.29 is 9.47 Å². The normalized spacial score (nSPS) is 27.6. The van der Waals surface area contributed by atoms with E-state index in [1.54, 1.807) is 11.3 Å². The molecule has 112 valence electrons. The Bertz CT molecular complexity index is 399. The van der Waals surface area contributed by atoms with Crippen LogP contribution in [0.1, 0.15) is 44.3 Å². The van der Waals surface area contributed by atoms with Gasteiger partial charge in [-0.2, -0.15) is 0 Å². The Morgan fingerprint density at radius 2 is 2.30 bits per heavy atom. The lowest BCUT2D eigenvalue weighted by Gasteiger charge is -2.45. The molecule has 0 radical (unpaired) electrons. The number of hydrogen-bond acceptors (Lipinski definition) is 5. The van der Waals surface area contributed by atoms with Crippen LogP contribution in [0.5, 0.6) is 0 Å². The second kappa shape index (κ2) is 6.52. The topological polar surface area (TPSA) is 43.4 Å². The molecule has 2 aliphatic rings. The second-order valence-corrected chi connectivity index (χ2v) is 6.56. The Hall–Kier alpha value is -0.490. The molecule has 3 heterocycles. The van der Waals surface area contributed by atoms with E-state index in [4.69, 9.17) is 9.47 Å². The summed E-state index contributed by atoms with van der Waals surface area (Å²) in [5, 5.41) is 5.81. The predicted octanol–water partition coefficient (Wildman–Crippen LogP) is 2.77. The van der Waals surface area contributed by atoms with Crippen molar-refractivity contribution in [1.82, 2.24) is 10.3 Å². The lowest BCUT2D eigenvalue weighted by Crippen LogP contribution is -2.47. The van der Waals surface area contributed by atoms with Crippen LogP contribution in [-0.2, 0) is 9.47 Å². The maximum atomic E-state index is 6.16. The molecule has 1 aromatic heterocycles. The average Bonchev–Trinajstić information content (AvgIpc) is 2.99. The van der Waals surface area contributed by atoms with Gasteiger partial charge in [0.2, 0.25) is 0 Å². The number of thiazole rings is 1. The van der Waals surface area contributed by atoms with E-state index in [-0.39, 0.29) is 5.60 Å². The molecule has 2 unspecified atom stereocenters. The summed E-state index contributed by atoms with van der Waals surface area (Å²) in [6.45, 7) is 5.71. The first-order valence-corrected chi connectivity index (χ1v) is 8.60. The second-order valence-electron chi connectivity index (χ2n) is 5.85. The third kappa shape index (κ3) is 3.06. The van der Waals surface area contributed by atoms with Crippen LogP contribution in [0, 0.1) is 5.92 Å². The zero-order valence-electron chi connectivity index (χ0n) is 12.1. The van der Waals surface area contributed by atoms with E-state index in [1.807, 2.05) is 5.51 Å². The standard InChI is InChI=1S/C15H24N2O2S/c1-2-16-14(13-10-20-11-17-13)12-3-6-19-15(9-12)4-7-18-8-5-15/h10-12,14,16H,2-9H2,1H3. The molecule has 1 aromatic rings. The fourth-order valence-electron chi connectivity index (χ4n) is 3.55. The smallest absolute Gasteiger partial charge is 0.0795 e.